The Kier molecular flexibility index (Phi) is 11.2. The topological polar surface area (TPSA) is 56.7 Å². The first-order valence-electron chi connectivity index (χ1n) is 18.4. The first kappa shape index (κ1) is 39.3. The van der Waals surface area contributed by atoms with Crippen molar-refractivity contribution in [3.05, 3.63) is 137 Å². The van der Waals surface area contributed by atoms with Crippen LogP contribution in [0.4, 0.5) is 0 Å². The van der Waals surface area contributed by atoms with Gasteiger partial charge in [-0.15, -0.1) is 18.2 Å². The molecule has 5 nitrogen and oxygen atoms in total. The van der Waals surface area contributed by atoms with Crippen LogP contribution in [0.3, 0.4) is 0 Å². The van der Waals surface area contributed by atoms with Gasteiger partial charge in [-0.2, -0.15) is 0 Å². The molecule has 0 bridgehead atoms. The van der Waals surface area contributed by atoms with E-state index in [1.165, 1.54) is 26.6 Å². The maximum Gasteiger partial charge on any atom is 0.216 e. The second kappa shape index (κ2) is 15.4. The van der Waals surface area contributed by atoms with Gasteiger partial charge in [0.05, 0.1) is 22.4 Å². The van der Waals surface area contributed by atoms with Gasteiger partial charge in [0.1, 0.15) is 0 Å². The van der Waals surface area contributed by atoms with Crippen LogP contribution < -0.4 is 4.40 Å². The number of rotatable bonds is 5. The molecule has 0 aliphatic heterocycles. The molecule has 54 heavy (non-hydrogen) atoms. The van der Waals surface area contributed by atoms with E-state index in [2.05, 4.69) is 135 Å². The Hall–Kier alpha value is -4.36. The Morgan fingerprint density at radius 3 is 2.19 bits per heavy atom. The Morgan fingerprint density at radius 2 is 1.50 bits per heavy atom. The number of pyridine rings is 2. The minimum atomic E-state index is -1.90. The van der Waals surface area contributed by atoms with E-state index < -0.39 is 13.3 Å². The van der Waals surface area contributed by atoms with E-state index >= 15 is 0 Å². The predicted molar refractivity (Wildman–Crippen MR) is 224 cm³/mol. The first-order valence-corrected chi connectivity index (χ1v) is 25.8. The molecule has 8 rings (SSSR count). The molecule has 0 atom stereocenters. The van der Waals surface area contributed by atoms with E-state index in [4.69, 9.17) is 14.4 Å². The molecule has 0 amide bonds. The molecule has 1 radical (unpaired) electrons. The Bertz CT molecular complexity index is 2590. The fraction of sp³-hybridized carbons (Fsp3) is 0.255. The Labute approximate surface area is 336 Å². The van der Waals surface area contributed by atoms with Gasteiger partial charge in [-0.05, 0) is 63.1 Å². The van der Waals surface area contributed by atoms with E-state index in [0.29, 0.717) is 11.1 Å². The summed E-state index contributed by atoms with van der Waals surface area (Å²) in [6, 6.07) is 37.9. The fourth-order valence-electron chi connectivity index (χ4n) is 7.42. The first-order chi connectivity index (χ1) is 25.2. The number of benzene rings is 4. The van der Waals surface area contributed by atoms with E-state index in [-0.39, 0.29) is 20.1 Å². The maximum atomic E-state index is 6.29. The van der Waals surface area contributed by atoms with Gasteiger partial charge >= 0.3 is 132 Å². The zero-order chi connectivity index (χ0) is 37.7. The summed E-state index contributed by atoms with van der Waals surface area (Å²) in [5.41, 5.74) is 13.9. The SMILES string of the molecule is CC(C)(C)Cc1cc(-c2[c-]cccc2)nc[c]1[Ge]([CH3])([CH3])[CH3].Cc1cc(C)c(-n2c(-c3[c-]ccc4c3oc3nc(C)ccc34)nc3ccccc32)c(C)c1.[Ir]. The normalized spacial score (nSPS) is 11.8. The molecular weight excluding hydrogens is 901 g/mol. The monoisotopic (exact) mass is 951 g/mol. The van der Waals surface area contributed by atoms with Crippen LogP contribution in [0.2, 0.25) is 17.3 Å². The van der Waals surface area contributed by atoms with Crippen molar-refractivity contribution in [3.8, 4) is 28.3 Å². The second-order valence-electron chi connectivity index (χ2n) is 16.5. The molecule has 8 aromatic rings. The van der Waals surface area contributed by atoms with E-state index in [1.807, 2.05) is 49.4 Å². The molecule has 7 heteroatoms. The van der Waals surface area contributed by atoms with Crippen molar-refractivity contribution >= 4 is 50.8 Å². The number of nitrogens with zero attached hydrogens (tertiary/aromatic N) is 4. The summed E-state index contributed by atoms with van der Waals surface area (Å²) in [6.45, 7) is 15.3. The number of furan rings is 1. The van der Waals surface area contributed by atoms with E-state index in [0.717, 1.165) is 67.8 Å². The summed E-state index contributed by atoms with van der Waals surface area (Å²) >= 11 is -1.90. The summed E-state index contributed by atoms with van der Waals surface area (Å²) in [6.07, 6.45) is 3.24. The number of fused-ring (bicyclic) bond motifs is 4. The molecule has 277 valence electrons. The summed E-state index contributed by atoms with van der Waals surface area (Å²) in [7, 11) is 0. The van der Waals surface area contributed by atoms with Crippen molar-refractivity contribution in [3.63, 3.8) is 0 Å². The molecule has 0 aliphatic rings. The quantitative estimate of drug-likeness (QED) is 0.127. The van der Waals surface area contributed by atoms with Crippen LogP contribution in [-0.2, 0) is 26.5 Å². The number of aromatic nitrogens is 4. The van der Waals surface area contributed by atoms with Crippen LogP contribution in [-0.4, -0.2) is 32.8 Å². The third-order valence-corrected chi connectivity index (χ3v) is 13.9. The Morgan fingerprint density at radius 1 is 0.778 bits per heavy atom. The van der Waals surface area contributed by atoms with Crippen molar-refractivity contribution in [2.45, 2.75) is 72.2 Å². The number of hydrogen-bond donors (Lipinski definition) is 0. The summed E-state index contributed by atoms with van der Waals surface area (Å²) in [5, 5.41) is 2.03. The van der Waals surface area contributed by atoms with Crippen molar-refractivity contribution in [1.82, 2.24) is 19.5 Å². The molecule has 0 saturated heterocycles. The Balaban J connectivity index is 0.000000198. The summed E-state index contributed by atoms with van der Waals surface area (Å²) in [5.74, 6) is 8.15. The van der Waals surface area contributed by atoms with Crippen LogP contribution in [0.25, 0.3) is 61.4 Å². The average molecular weight is 950 g/mol. The molecule has 4 heterocycles. The van der Waals surface area contributed by atoms with Crippen molar-refractivity contribution in [2.24, 2.45) is 5.41 Å². The van der Waals surface area contributed by atoms with Crippen molar-refractivity contribution in [1.29, 1.82) is 0 Å². The second-order valence-corrected chi connectivity index (χ2v) is 27.1. The van der Waals surface area contributed by atoms with E-state index in [9.17, 15) is 0 Å². The average Bonchev–Trinajstić information content (AvgIpc) is 3.65. The van der Waals surface area contributed by atoms with E-state index in [1.54, 1.807) is 0 Å². The molecule has 0 aliphatic carbocycles. The van der Waals surface area contributed by atoms with Crippen LogP contribution >= 0.6 is 0 Å². The van der Waals surface area contributed by atoms with Gasteiger partial charge in [-0.25, -0.2) is 4.98 Å². The van der Waals surface area contributed by atoms with Crippen LogP contribution in [0, 0.1) is 45.2 Å². The minimum absolute atomic E-state index is 0. The van der Waals surface area contributed by atoms with Crippen LogP contribution in [0.1, 0.15) is 48.7 Å². The van der Waals surface area contributed by atoms with Gasteiger partial charge in [-0.1, -0.05) is 40.8 Å². The maximum absolute atomic E-state index is 6.29. The third-order valence-electron chi connectivity index (χ3n) is 9.58. The summed E-state index contributed by atoms with van der Waals surface area (Å²) < 4.78 is 10.1. The number of imidazole rings is 1. The molecule has 0 spiro atoms. The zero-order valence-corrected chi connectivity index (χ0v) is 37.5. The van der Waals surface area contributed by atoms with Crippen LogP contribution in [0.15, 0.2) is 102 Å². The number of para-hydroxylation sites is 2. The molecular formula is C47H48GeIrN4O-2. The molecule has 4 aromatic carbocycles. The molecule has 4 aromatic heterocycles. The minimum Gasteiger partial charge on any atom is -0.486 e. The van der Waals surface area contributed by atoms with Gasteiger partial charge in [0.2, 0.25) is 5.71 Å². The largest absolute Gasteiger partial charge is 0.486 e. The molecule has 0 unspecified atom stereocenters. The number of hydrogen-bond acceptors (Lipinski definition) is 4. The van der Waals surface area contributed by atoms with Gasteiger partial charge in [0.25, 0.3) is 0 Å². The molecule has 0 saturated carbocycles. The van der Waals surface area contributed by atoms with Gasteiger partial charge < -0.3 is 8.98 Å². The molecule has 0 fully saturated rings. The number of aryl methyl sites for hydroxylation is 4. The summed E-state index contributed by atoms with van der Waals surface area (Å²) in [4.78, 5) is 14.4. The smallest absolute Gasteiger partial charge is 0.216 e. The van der Waals surface area contributed by atoms with Gasteiger partial charge in [-0.3, -0.25) is 4.98 Å². The van der Waals surface area contributed by atoms with Crippen molar-refractivity contribution in [2.75, 3.05) is 0 Å². The van der Waals surface area contributed by atoms with Gasteiger partial charge in [0, 0.05) is 36.9 Å². The van der Waals surface area contributed by atoms with Crippen molar-refractivity contribution < 1.29 is 24.5 Å². The third kappa shape index (κ3) is 8.03. The predicted octanol–water partition coefficient (Wildman–Crippen LogP) is 11.7. The van der Waals surface area contributed by atoms with Gasteiger partial charge in [0.15, 0.2) is 0 Å². The van der Waals surface area contributed by atoms with Crippen LogP contribution in [0.5, 0.6) is 0 Å². The standard InChI is InChI=1S/C28H22N3O.C19H26GeN.Ir/c1-16-14-17(2)25(18(3)15-16)31-24-11-6-5-10-23(24)30-27(31)22-9-7-8-20-21-13-12-19(4)29-28(21)32-26(20)22;1-19(2,3)13-16-12-18(15-10-8-7-9-11-15)21-14-17(16)20(4,5)6;/h5-8,10-15H,1-4H3;7-10,12,14H,13H2,1-6H3;/q2*-1;. The molecule has 0 N–H and O–H groups in total. The zero-order valence-electron chi connectivity index (χ0n) is 33.0. The fourth-order valence-corrected chi connectivity index (χ4v) is 10.7.